The van der Waals surface area contributed by atoms with Gasteiger partial charge in [-0.3, -0.25) is 4.79 Å². The molecule has 3 N–H and O–H groups in total. The summed E-state index contributed by atoms with van der Waals surface area (Å²) in [7, 11) is 0. The molecule has 1 aliphatic carbocycles. The number of anilines is 1. The van der Waals surface area contributed by atoms with E-state index in [4.69, 9.17) is 22.1 Å². The first-order chi connectivity index (χ1) is 9.65. The fraction of sp³-hybridized carbons (Fsp3) is 0.533. The summed E-state index contributed by atoms with van der Waals surface area (Å²) in [5.41, 5.74) is 6.22. The zero-order valence-corrected chi connectivity index (χ0v) is 12.3. The standard InChI is InChI=1S/C15H21ClN2O2/c16-11-7-8-14(13(17)9-11)20-10-15(19)18-12-5-3-1-2-4-6-12/h7-9,12H,1-6,10,17H2,(H,18,19). The molecule has 1 fully saturated rings. The molecule has 4 nitrogen and oxygen atoms in total. The number of carbonyl (C=O) groups is 1. The number of hydrogen-bond donors (Lipinski definition) is 2. The van der Waals surface area contributed by atoms with Crippen LogP contribution in [0.25, 0.3) is 0 Å². The van der Waals surface area contributed by atoms with Crippen LogP contribution in [0.3, 0.4) is 0 Å². The van der Waals surface area contributed by atoms with Crippen molar-refractivity contribution in [1.82, 2.24) is 5.32 Å². The van der Waals surface area contributed by atoms with Crippen molar-refractivity contribution < 1.29 is 9.53 Å². The van der Waals surface area contributed by atoms with Gasteiger partial charge in [-0.2, -0.15) is 0 Å². The van der Waals surface area contributed by atoms with Gasteiger partial charge in [0.1, 0.15) is 5.75 Å². The molecule has 2 rings (SSSR count). The van der Waals surface area contributed by atoms with Crippen molar-refractivity contribution >= 4 is 23.2 Å². The Balaban J connectivity index is 1.79. The summed E-state index contributed by atoms with van der Waals surface area (Å²) in [5.74, 6) is 0.400. The van der Waals surface area contributed by atoms with Crippen molar-refractivity contribution in [1.29, 1.82) is 0 Å². The van der Waals surface area contributed by atoms with E-state index >= 15 is 0 Å². The molecule has 0 radical (unpaired) electrons. The highest BCUT2D eigenvalue weighted by molar-refractivity contribution is 6.30. The predicted octanol–water partition coefficient (Wildman–Crippen LogP) is 3.14. The van der Waals surface area contributed by atoms with E-state index in [1.807, 2.05) is 0 Å². The number of ether oxygens (including phenoxy) is 1. The maximum Gasteiger partial charge on any atom is 0.258 e. The lowest BCUT2D eigenvalue weighted by atomic mass is 10.1. The minimum Gasteiger partial charge on any atom is -0.482 e. The molecule has 0 aromatic heterocycles. The maximum atomic E-state index is 11.9. The number of amides is 1. The quantitative estimate of drug-likeness (QED) is 0.663. The largest absolute Gasteiger partial charge is 0.482 e. The number of halogens is 1. The van der Waals surface area contributed by atoms with Crippen LogP contribution in [-0.2, 0) is 4.79 Å². The third kappa shape index (κ3) is 4.60. The number of nitrogens with two attached hydrogens (primary N) is 1. The van der Waals surface area contributed by atoms with Gasteiger partial charge in [-0.15, -0.1) is 0 Å². The third-order valence-corrected chi connectivity index (χ3v) is 3.79. The topological polar surface area (TPSA) is 64.3 Å². The van der Waals surface area contributed by atoms with E-state index in [1.54, 1.807) is 18.2 Å². The van der Waals surface area contributed by atoms with Gasteiger partial charge in [0.25, 0.3) is 5.91 Å². The molecule has 20 heavy (non-hydrogen) atoms. The number of nitrogens with one attached hydrogen (secondary N) is 1. The molecule has 1 aromatic carbocycles. The van der Waals surface area contributed by atoms with Crippen LogP contribution in [0.1, 0.15) is 38.5 Å². The normalized spacial score (nSPS) is 16.4. The number of rotatable bonds is 4. The molecule has 0 unspecified atom stereocenters. The average molecular weight is 297 g/mol. The minimum atomic E-state index is -0.0914. The van der Waals surface area contributed by atoms with Crippen molar-refractivity contribution in [2.75, 3.05) is 12.3 Å². The lowest BCUT2D eigenvalue weighted by Gasteiger charge is -2.16. The van der Waals surface area contributed by atoms with E-state index in [9.17, 15) is 4.79 Å². The SMILES string of the molecule is Nc1cc(Cl)ccc1OCC(=O)NC1CCCCCC1. The van der Waals surface area contributed by atoms with E-state index in [2.05, 4.69) is 5.32 Å². The summed E-state index contributed by atoms with van der Waals surface area (Å²) in [6, 6.07) is 5.27. The zero-order chi connectivity index (χ0) is 14.4. The first kappa shape index (κ1) is 15.0. The smallest absolute Gasteiger partial charge is 0.258 e. The Morgan fingerprint density at radius 2 is 2.00 bits per heavy atom. The van der Waals surface area contributed by atoms with Gasteiger partial charge in [0.05, 0.1) is 5.69 Å². The fourth-order valence-corrected chi connectivity index (χ4v) is 2.67. The molecule has 110 valence electrons. The van der Waals surface area contributed by atoms with E-state index in [1.165, 1.54) is 25.7 Å². The fourth-order valence-electron chi connectivity index (χ4n) is 2.49. The molecule has 0 atom stereocenters. The second kappa shape index (κ2) is 7.39. The summed E-state index contributed by atoms with van der Waals surface area (Å²) in [5, 5.41) is 3.58. The average Bonchev–Trinajstić information content (AvgIpc) is 2.66. The highest BCUT2D eigenvalue weighted by Crippen LogP contribution is 2.24. The molecule has 1 saturated carbocycles. The molecule has 1 aliphatic rings. The highest BCUT2D eigenvalue weighted by Gasteiger charge is 2.15. The molecule has 1 aromatic rings. The van der Waals surface area contributed by atoms with Gasteiger partial charge >= 0.3 is 0 Å². The van der Waals surface area contributed by atoms with Crippen LogP contribution in [0.2, 0.25) is 5.02 Å². The Morgan fingerprint density at radius 3 is 2.65 bits per heavy atom. The van der Waals surface area contributed by atoms with E-state index in [0.717, 1.165) is 12.8 Å². The second-order valence-corrected chi connectivity index (χ2v) is 5.66. The van der Waals surface area contributed by atoms with Crippen molar-refractivity contribution in [3.8, 4) is 5.75 Å². The van der Waals surface area contributed by atoms with Crippen molar-refractivity contribution in [2.45, 2.75) is 44.6 Å². The van der Waals surface area contributed by atoms with Gasteiger partial charge in [-0.05, 0) is 31.0 Å². The molecule has 0 heterocycles. The number of nitrogen functional groups attached to an aromatic ring is 1. The molecule has 0 bridgehead atoms. The molecule has 0 saturated heterocycles. The van der Waals surface area contributed by atoms with Crippen molar-refractivity contribution in [3.05, 3.63) is 23.2 Å². The van der Waals surface area contributed by atoms with Gasteiger partial charge in [0.2, 0.25) is 0 Å². The predicted molar refractivity (Wildman–Crippen MR) is 81.0 cm³/mol. The van der Waals surface area contributed by atoms with Crippen LogP contribution < -0.4 is 15.8 Å². The van der Waals surface area contributed by atoms with Crippen LogP contribution in [0.4, 0.5) is 5.69 Å². The van der Waals surface area contributed by atoms with Crippen LogP contribution in [0.15, 0.2) is 18.2 Å². The summed E-state index contributed by atoms with van der Waals surface area (Å²) in [4.78, 5) is 11.9. The Kier molecular flexibility index (Phi) is 5.53. The van der Waals surface area contributed by atoms with E-state index < -0.39 is 0 Å². The number of carbonyl (C=O) groups excluding carboxylic acids is 1. The summed E-state index contributed by atoms with van der Waals surface area (Å²) in [6.07, 6.45) is 7.05. The van der Waals surface area contributed by atoms with Crippen LogP contribution in [0, 0.1) is 0 Å². The van der Waals surface area contributed by atoms with Gasteiger partial charge in [-0.1, -0.05) is 37.3 Å². The van der Waals surface area contributed by atoms with Crippen molar-refractivity contribution in [2.24, 2.45) is 0 Å². The monoisotopic (exact) mass is 296 g/mol. The summed E-state index contributed by atoms with van der Waals surface area (Å²) in [6.45, 7) is -0.0116. The maximum absolute atomic E-state index is 11.9. The Bertz CT molecular complexity index is 457. The first-order valence-electron chi connectivity index (χ1n) is 7.12. The lowest BCUT2D eigenvalue weighted by Crippen LogP contribution is -2.37. The molecular formula is C15H21ClN2O2. The Hall–Kier alpha value is -1.42. The van der Waals surface area contributed by atoms with Crippen LogP contribution >= 0.6 is 11.6 Å². The molecule has 0 spiro atoms. The Labute approximate surface area is 124 Å². The van der Waals surface area contributed by atoms with Crippen LogP contribution in [0.5, 0.6) is 5.75 Å². The zero-order valence-electron chi connectivity index (χ0n) is 11.5. The van der Waals surface area contributed by atoms with Gasteiger partial charge in [0.15, 0.2) is 6.61 Å². The molecule has 5 heteroatoms. The van der Waals surface area contributed by atoms with E-state index in [0.29, 0.717) is 16.5 Å². The first-order valence-corrected chi connectivity index (χ1v) is 7.50. The van der Waals surface area contributed by atoms with Crippen LogP contribution in [-0.4, -0.2) is 18.6 Å². The van der Waals surface area contributed by atoms with Gasteiger partial charge < -0.3 is 15.8 Å². The highest BCUT2D eigenvalue weighted by atomic mass is 35.5. The molecule has 0 aliphatic heterocycles. The third-order valence-electron chi connectivity index (χ3n) is 3.55. The lowest BCUT2D eigenvalue weighted by molar-refractivity contribution is -0.123. The molecular weight excluding hydrogens is 276 g/mol. The Morgan fingerprint density at radius 1 is 1.30 bits per heavy atom. The minimum absolute atomic E-state index is 0.0116. The van der Waals surface area contributed by atoms with Gasteiger partial charge in [-0.25, -0.2) is 0 Å². The summed E-state index contributed by atoms with van der Waals surface area (Å²) < 4.78 is 5.43. The number of hydrogen-bond acceptors (Lipinski definition) is 3. The van der Waals surface area contributed by atoms with E-state index in [-0.39, 0.29) is 18.6 Å². The summed E-state index contributed by atoms with van der Waals surface area (Å²) >= 11 is 5.81. The van der Waals surface area contributed by atoms with Crippen molar-refractivity contribution in [3.63, 3.8) is 0 Å². The number of benzene rings is 1. The second-order valence-electron chi connectivity index (χ2n) is 5.23. The van der Waals surface area contributed by atoms with Gasteiger partial charge in [0, 0.05) is 11.1 Å². The molecule has 1 amide bonds.